The van der Waals surface area contributed by atoms with Gasteiger partial charge in [-0.1, -0.05) is 0 Å². The Bertz CT molecular complexity index is 1040. The number of amides is 1. The van der Waals surface area contributed by atoms with Crippen molar-refractivity contribution in [2.24, 2.45) is 0 Å². The van der Waals surface area contributed by atoms with Crippen LogP contribution in [0.4, 0.5) is 20.2 Å². The lowest BCUT2D eigenvalue weighted by Crippen LogP contribution is -2.32. The lowest BCUT2D eigenvalue weighted by molar-refractivity contribution is -0.119. The van der Waals surface area contributed by atoms with Crippen molar-refractivity contribution in [1.82, 2.24) is 0 Å². The molecule has 5 nitrogen and oxygen atoms in total. The van der Waals surface area contributed by atoms with E-state index in [0.29, 0.717) is 18.5 Å². The van der Waals surface area contributed by atoms with Crippen LogP contribution < -0.4 is 9.62 Å². The van der Waals surface area contributed by atoms with E-state index in [1.165, 1.54) is 12.1 Å². The second-order valence-electron chi connectivity index (χ2n) is 6.57. The minimum absolute atomic E-state index is 0.0420. The van der Waals surface area contributed by atoms with Crippen LogP contribution in [0.25, 0.3) is 0 Å². The highest BCUT2D eigenvalue weighted by atomic mass is 32.2. The Balaban J connectivity index is 1.79. The molecule has 4 rings (SSSR count). The maximum absolute atomic E-state index is 13.8. The van der Waals surface area contributed by atoms with Gasteiger partial charge in [0.2, 0.25) is 5.91 Å². The molecule has 2 aliphatic heterocycles. The van der Waals surface area contributed by atoms with Gasteiger partial charge < -0.3 is 4.90 Å². The molecule has 0 fully saturated rings. The maximum Gasteiger partial charge on any atom is 0.262 e. The van der Waals surface area contributed by atoms with E-state index in [4.69, 9.17) is 0 Å². The third kappa shape index (κ3) is 2.56. The molecule has 0 spiro atoms. The molecule has 1 atom stereocenters. The molecule has 26 heavy (non-hydrogen) atoms. The summed E-state index contributed by atoms with van der Waals surface area (Å²) in [5.41, 5.74) is 1.79. The molecular weight excluding hydrogens is 362 g/mol. The number of carbonyl (C=O) groups excluding carboxylic acids is 1. The van der Waals surface area contributed by atoms with E-state index in [-0.39, 0.29) is 10.8 Å². The third-order valence-corrected chi connectivity index (χ3v) is 6.22. The molecule has 0 bridgehead atoms. The molecule has 8 heteroatoms. The summed E-state index contributed by atoms with van der Waals surface area (Å²) in [7, 11) is -4.13. The number of sulfonamides is 1. The van der Waals surface area contributed by atoms with Crippen LogP contribution in [0.2, 0.25) is 0 Å². The van der Waals surface area contributed by atoms with Crippen LogP contribution in [0.3, 0.4) is 0 Å². The fraction of sp³-hybridized carbons (Fsp3) is 0.278. The van der Waals surface area contributed by atoms with E-state index in [0.717, 1.165) is 35.9 Å². The van der Waals surface area contributed by atoms with E-state index in [9.17, 15) is 22.0 Å². The molecule has 2 aromatic rings. The van der Waals surface area contributed by atoms with Crippen LogP contribution in [-0.2, 0) is 21.2 Å². The van der Waals surface area contributed by atoms with Crippen LogP contribution >= 0.6 is 0 Å². The number of halogens is 2. The predicted molar refractivity (Wildman–Crippen MR) is 92.7 cm³/mol. The van der Waals surface area contributed by atoms with Gasteiger partial charge in [0.15, 0.2) is 0 Å². The fourth-order valence-corrected chi connectivity index (χ4v) is 4.74. The third-order valence-electron chi connectivity index (χ3n) is 4.88. The van der Waals surface area contributed by atoms with E-state index in [1.54, 1.807) is 11.8 Å². The molecule has 136 valence electrons. The van der Waals surface area contributed by atoms with Crippen LogP contribution in [0.1, 0.15) is 30.4 Å². The fourth-order valence-electron chi connectivity index (χ4n) is 3.60. The van der Waals surface area contributed by atoms with Gasteiger partial charge >= 0.3 is 0 Å². The summed E-state index contributed by atoms with van der Waals surface area (Å²) < 4.78 is 54.7. The molecule has 2 heterocycles. The average molecular weight is 378 g/mol. The standard InChI is InChI=1S/C18H16F2N2O3S/c1-10-14-9-13(7-11-3-2-6-22(17(11)14)18(10)23)26(24,25)21-16-8-12(19)4-5-15(16)20/h4-5,7-10,21H,2-3,6H2,1H3. The molecule has 0 saturated heterocycles. The second kappa shape index (κ2) is 5.77. The smallest absolute Gasteiger partial charge is 0.262 e. The summed E-state index contributed by atoms with van der Waals surface area (Å²) in [6.45, 7) is 2.37. The van der Waals surface area contributed by atoms with Crippen molar-refractivity contribution >= 4 is 27.3 Å². The lowest BCUT2D eigenvalue weighted by atomic mass is 9.97. The SMILES string of the molecule is CC1C(=O)N2CCCc3cc(S(=O)(=O)Nc4cc(F)ccc4F)cc1c32. The molecule has 0 radical (unpaired) electrons. The monoisotopic (exact) mass is 378 g/mol. The van der Waals surface area contributed by atoms with E-state index in [1.807, 2.05) is 0 Å². The maximum atomic E-state index is 13.8. The van der Waals surface area contributed by atoms with Crippen molar-refractivity contribution in [3.63, 3.8) is 0 Å². The van der Waals surface area contributed by atoms with Crippen molar-refractivity contribution < 1.29 is 22.0 Å². The Hall–Kier alpha value is -2.48. The van der Waals surface area contributed by atoms with Crippen LogP contribution in [-0.4, -0.2) is 20.9 Å². The van der Waals surface area contributed by atoms with Crippen molar-refractivity contribution in [1.29, 1.82) is 0 Å². The topological polar surface area (TPSA) is 66.5 Å². The highest BCUT2D eigenvalue weighted by Crippen LogP contribution is 2.44. The van der Waals surface area contributed by atoms with Gasteiger partial charge in [0.25, 0.3) is 10.0 Å². The predicted octanol–water partition coefficient (Wildman–Crippen LogP) is 3.16. The van der Waals surface area contributed by atoms with Crippen LogP contribution in [0, 0.1) is 11.6 Å². The van der Waals surface area contributed by atoms with Gasteiger partial charge in [-0.3, -0.25) is 9.52 Å². The zero-order valence-electron chi connectivity index (χ0n) is 13.9. The summed E-state index contributed by atoms with van der Waals surface area (Å²) >= 11 is 0. The van der Waals surface area contributed by atoms with Crippen molar-refractivity contribution in [2.45, 2.75) is 30.6 Å². The normalized spacial score (nSPS) is 18.8. The van der Waals surface area contributed by atoms with Gasteiger partial charge in [0.1, 0.15) is 11.6 Å². The molecule has 0 aromatic heterocycles. The zero-order chi connectivity index (χ0) is 18.6. The minimum Gasteiger partial charge on any atom is -0.311 e. The van der Waals surface area contributed by atoms with Crippen LogP contribution in [0.15, 0.2) is 35.2 Å². The van der Waals surface area contributed by atoms with Gasteiger partial charge in [0, 0.05) is 12.6 Å². The minimum atomic E-state index is -4.13. The summed E-state index contributed by atoms with van der Waals surface area (Å²) in [6.07, 6.45) is 1.41. The number of benzene rings is 2. The molecule has 0 aliphatic carbocycles. The van der Waals surface area contributed by atoms with E-state index < -0.39 is 33.3 Å². The Morgan fingerprint density at radius 1 is 1.19 bits per heavy atom. The first-order valence-corrected chi connectivity index (χ1v) is 9.72. The Morgan fingerprint density at radius 3 is 2.73 bits per heavy atom. The van der Waals surface area contributed by atoms with Crippen molar-refractivity contribution in [3.8, 4) is 0 Å². The Kier molecular flexibility index (Phi) is 3.76. The van der Waals surface area contributed by atoms with Gasteiger partial charge in [-0.25, -0.2) is 17.2 Å². The number of aryl methyl sites for hydroxylation is 1. The number of hydrogen-bond acceptors (Lipinski definition) is 3. The number of nitrogens with one attached hydrogen (secondary N) is 1. The van der Waals surface area contributed by atoms with Gasteiger partial charge in [-0.2, -0.15) is 0 Å². The molecular formula is C18H16F2N2O3S. The lowest BCUT2D eigenvalue weighted by Gasteiger charge is -2.26. The van der Waals surface area contributed by atoms with Gasteiger partial charge in [-0.15, -0.1) is 0 Å². The van der Waals surface area contributed by atoms with Crippen molar-refractivity contribution in [2.75, 3.05) is 16.2 Å². The Labute approximate surface area is 149 Å². The summed E-state index contributed by atoms with van der Waals surface area (Å²) in [4.78, 5) is 14.0. The highest BCUT2D eigenvalue weighted by Gasteiger charge is 2.38. The second-order valence-corrected chi connectivity index (χ2v) is 8.25. The quantitative estimate of drug-likeness (QED) is 0.892. The molecule has 0 saturated carbocycles. The molecule has 2 aliphatic rings. The first-order chi connectivity index (χ1) is 12.3. The van der Waals surface area contributed by atoms with Gasteiger partial charge in [0.05, 0.1) is 22.2 Å². The first-order valence-electron chi connectivity index (χ1n) is 8.24. The molecule has 1 amide bonds. The summed E-state index contributed by atoms with van der Waals surface area (Å²) in [6, 6.07) is 5.52. The molecule has 1 unspecified atom stereocenters. The average Bonchev–Trinajstić information content (AvgIpc) is 2.85. The largest absolute Gasteiger partial charge is 0.311 e. The molecule has 1 N–H and O–H groups in total. The van der Waals surface area contributed by atoms with Crippen LogP contribution in [0.5, 0.6) is 0 Å². The first kappa shape index (κ1) is 17.0. The Morgan fingerprint density at radius 2 is 1.96 bits per heavy atom. The summed E-state index contributed by atoms with van der Waals surface area (Å²) in [5.74, 6) is -2.09. The van der Waals surface area contributed by atoms with E-state index in [2.05, 4.69) is 4.72 Å². The molecule has 2 aromatic carbocycles. The van der Waals surface area contributed by atoms with E-state index >= 15 is 0 Å². The zero-order valence-corrected chi connectivity index (χ0v) is 14.7. The highest BCUT2D eigenvalue weighted by molar-refractivity contribution is 7.92. The number of carbonyl (C=O) groups is 1. The summed E-state index contributed by atoms with van der Waals surface area (Å²) in [5, 5.41) is 0. The number of hydrogen-bond donors (Lipinski definition) is 1. The van der Waals surface area contributed by atoms with Crippen molar-refractivity contribution in [3.05, 3.63) is 53.1 Å². The van der Waals surface area contributed by atoms with Gasteiger partial charge in [-0.05, 0) is 55.2 Å². The number of rotatable bonds is 3. The number of nitrogens with zero attached hydrogens (tertiary/aromatic N) is 1. The number of anilines is 2.